The summed E-state index contributed by atoms with van der Waals surface area (Å²) in [6, 6.07) is 3.77. The molecule has 0 radical (unpaired) electrons. The van der Waals surface area contributed by atoms with Gasteiger partial charge in [0.25, 0.3) is 0 Å². The Morgan fingerprint density at radius 3 is 2.72 bits per heavy atom. The summed E-state index contributed by atoms with van der Waals surface area (Å²) in [6.45, 7) is 1.07. The predicted molar refractivity (Wildman–Crippen MR) is 69.9 cm³/mol. The third-order valence-corrected chi connectivity index (χ3v) is 2.83. The van der Waals surface area contributed by atoms with Crippen LogP contribution in [0.15, 0.2) is 22.7 Å². The van der Waals surface area contributed by atoms with Gasteiger partial charge in [0.05, 0.1) is 4.47 Å². The van der Waals surface area contributed by atoms with Gasteiger partial charge < -0.3 is 15.2 Å². The second-order valence-corrected chi connectivity index (χ2v) is 4.77. The second kappa shape index (κ2) is 6.61. The average Bonchev–Trinajstić information content (AvgIpc) is 2.25. The number of carbonyl (C=O) groups excluding carboxylic acids is 1. The van der Waals surface area contributed by atoms with Crippen molar-refractivity contribution >= 4 is 39.4 Å². The maximum Gasteiger partial charge on any atom is 0.329 e. The quantitative estimate of drug-likeness (QED) is 0.863. The fraction of sp³-hybridized carbons (Fsp3) is 0.273. The Morgan fingerprint density at radius 1 is 1.56 bits per heavy atom. The topological polar surface area (TPSA) is 75.6 Å². The molecule has 0 spiro atoms. The molecule has 1 atom stereocenters. The van der Waals surface area contributed by atoms with Crippen LogP contribution < -0.4 is 10.1 Å². The number of ether oxygens (including phenoxy) is 1. The molecule has 0 aliphatic rings. The summed E-state index contributed by atoms with van der Waals surface area (Å²) in [5, 5.41) is 11.7. The summed E-state index contributed by atoms with van der Waals surface area (Å²) in [5.41, 5.74) is 0. The number of carbonyl (C=O) groups is 2. The van der Waals surface area contributed by atoms with E-state index in [-0.39, 0.29) is 6.61 Å². The molecule has 5 nitrogen and oxygen atoms in total. The zero-order valence-electron chi connectivity index (χ0n) is 9.44. The van der Waals surface area contributed by atoms with E-state index in [1.165, 1.54) is 6.92 Å². The lowest BCUT2D eigenvalue weighted by Crippen LogP contribution is -2.43. The van der Waals surface area contributed by atoms with Crippen LogP contribution in [0.2, 0.25) is 5.02 Å². The van der Waals surface area contributed by atoms with E-state index in [0.717, 1.165) is 0 Å². The number of carboxylic acid groups (broad SMARTS) is 1. The first-order valence-corrected chi connectivity index (χ1v) is 6.15. The van der Waals surface area contributed by atoms with Crippen LogP contribution in [0.25, 0.3) is 0 Å². The maximum atomic E-state index is 10.9. The van der Waals surface area contributed by atoms with Gasteiger partial charge in [0.1, 0.15) is 12.4 Å². The van der Waals surface area contributed by atoms with Crippen LogP contribution in [0.5, 0.6) is 5.75 Å². The van der Waals surface area contributed by atoms with E-state index in [1.807, 2.05) is 0 Å². The van der Waals surface area contributed by atoms with E-state index in [1.54, 1.807) is 18.2 Å². The summed E-state index contributed by atoms with van der Waals surface area (Å²) in [4.78, 5) is 21.7. The summed E-state index contributed by atoms with van der Waals surface area (Å²) in [7, 11) is 0. The van der Waals surface area contributed by atoms with Crippen LogP contribution in [0.1, 0.15) is 6.92 Å². The Labute approximate surface area is 117 Å². The minimum atomic E-state index is -1.16. The first-order chi connectivity index (χ1) is 8.40. The minimum Gasteiger partial charge on any atom is -0.490 e. The van der Waals surface area contributed by atoms with E-state index >= 15 is 0 Å². The standard InChI is InChI=1S/C11H11BrClNO4/c1-6(15)14-9(11(16)17)5-18-10-3-2-7(13)4-8(10)12/h2-4,9H,5H2,1H3,(H,14,15)(H,16,17). The molecule has 0 aliphatic carbocycles. The van der Waals surface area contributed by atoms with Gasteiger partial charge in [0.2, 0.25) is 5.91 Å². The summed E-state index contributed by atoms with van der Waals surface area (Å²) < 4.78 is 5.93. The molecular formula is C11H11BrClNO4. The van der Waals surface area contributed by atoms with Crippen molar-refractivity contribution in [1.82, 2.24) is 5.32 Å². The van der Waals surface area contributed by atoms with Crippen LogP contribution in [-0.2, 0) is 9.59 Å². The third kappa shape index (κ3) is 4.54. The van der Waals surface area contributed by atoms with Crippen molar-refractivity contribution in [1.29, 1.82) is 0 Å². The van der Waals surface area contributed by atoms with Gasteiger partial charge >= 0.3 is 5.97 Å². The number of halogens is 2. The molecule has 1 rings (SSSR count). The second-order valence-electron chi connectivity index (χ2n) is 3.48. The first kappa shape index (κ1) is 14.8. The molecule has 0 heterocycles. The molecule has 1 aromatic rings. The summed E-state index contributed by atoms with van der Waals surface area (Å²) >= 11 is 9.00. The monoisotopic (exact) mass is 335 g/mol. The van der Waals surface area contributed by atoms with Gasteiger partial charge in [-0.2, -0.15) is 0 Å². The van der Waals surface area contributed by atoms with Crippen molar-refractivity contribution in [3.05, 3.63) is 27.7 Å². The Bertz CT molecular complexity index is 466. The summed E-state index contributed by atoms with van der Waals surface area (Å²) in [5.74, 6) is -1.13. The normalized spacial score (nSPS) is 11.7. The number of hydrogen-bond acceptors (Lipinski definition) is 3. The minimum absolute atomic E-state index is 0.171. The van der Waals surface area contributed by atoms with Crippen LogP contribution in [0, 0.1) is 0 Å². The highest BCUT2D eigenvalue weighted by Crippen LogP contribution is 2.27. The molecule has 0 aromatic heterocycles. The molecular weight excluding hydrogens is 325 g/mol. The number of carboxylic acids is 1. The summed E-state index contributed by atoms with van der Waals surface area (Å²) in [6.07, 6.45) is 0. The van der Waals surface area contributed by atoms with Gasteiger partial charge in [-0.05, 0) is 34.1 Å². The average molecular weight is 337 g/mol. The third-order valence-electron chi connectivity index (χ3n) is 1.98. The molecule has 1 unspecified atom stereocenters. The molecule has 0 aliphatic heterocycles. The molecule has 1 amide bonds. The van der Waals surface area contributed by atoms with Crippen molar-refractivity contribution in [2.45, 2.75) is 13.0 Å². The number of rotatable bonds is 5. The fourth-order valence-corrected chi connectivity index (χ4v) is 1.98. The van der Waals surface area contributed by atoms with E-state index in [2.05, 4.69) is 21.2 Å². The molecule has 18 heavy (non-hydrogen) atoms. The molecule has 1 aromatic carbocycles. The number of hydrogen-bond donors (Lipinski definition) is 2. The Hall–Kier alpha value is -1.27. The first-order valence-electron chi connectivity index (χ1n) is 4.98. The van der Waals surface area contributed by atoms with Crippen molar-refractivity contribution in [3.63, 3.8) is 0 Å². The van der Waals surface area contributed by atoms with Crippen LogP contribution >= 0.6 is 27.5 Å². The smallest absolute Gasteiger partial charge is 0.329 e. The predicted octanol–water partition coefficient (Wildman–Crippen LogP) is 2.07. The molecule has 0 bridgehead atoms. The van der Waals surface area contributed by atoms with Crippen molar-refractivity contribution in [2.75, 3.05) is 6.61 Å². The van der Waals surface area contributed by atoms with Crippen molar-refractivity contribution in [2.24, 2.45) is 0 Å². The van der Waals surface area contributed by atoms with Gasteiger partial charge in [-0.15, -0.1) is 0 Å². The van der Waals surface area contributed by atoms with Gasteiger partial charge in [-0.25, -0.2) is 4.79 Å². The SMILES string of the molecule is CC(=O)NC(COc1ccc(Cl)cc1Br)C(=O)O. The highest BCUT2D eigenvalue weighted by Gasteiger charge is 2.19. The van der Waals surface area contributed by atoms with Gasteiger partial charge in [0.15, 0.2) is 6.04 Å². The van der Waals surface area contributed by atoms with Gasteiger partial charge in [-0.1, -0.05) is 11.6 Å². The van der Waals surface area contributed by atoms with Crippen LogP contribution in [0.4, 0.5) is 0 Å². The molecule has 2 N–H and O–H groups in total. The highest BCUT2D eigenvalue weighted by atomic mass is 79.9. The van der Waals surface area contributed by atoms with E-state index in [0.29, 0.717) is 15.2 Å². The van der Waals surface area contributed by atoms with Crippen LogP contribution in [0.3, 0.4) is 0 Å². The number of amides is 1. The zero-order valence-corrected chi connectivity index (χ0v) is 11.8. The number of aliphatic carboxylic acids is 1. The molecule has 0 saturated carbocycles. The number of nitrogens with one attached hydrogen (secondary N) is 1. The van der Waals surface area contributed by atoms with Crippen molar-refractivity contribution in [3.8, 4) is 5.75 Å². The molecule has 98 valence electrons. The Morgan fingerprint density at radius 2 is 2.22 bits per heavy atom. The molecule has 0 saturated heterocycles. The van der Waals surface area contributed by atoms with Crippen LogP contribution in [-0.4, -0.2) is 29.6 Å². The lowest BCUT2D eigenvalue weighted by Gasteiger charge is -2.15. The highest BCUT2D eigenvalue weighted by molar-refractivity contribution is 9.10. The van der Waals surface area contributed by atoms with Crippen molar-refractivity contribution < 1.29 is 19.4 Å². The molecule has 7 heteroatoms. The van der Waals surface area contributed by atoms with E-state index in [9.17, 15) is 9.59 Å². The van der Waals surface area contributed by atoms with Gasteiger partial charge in [0, 0.05) is 11.9 Å². The lowest BCUT2D eigenvalue weighted by atomic mass is 10.3. The largest absolute Gasteiger partial charge is 0.490 e. The van der Waals surface area contributed by atoms with Gasteiger partial charge in [-0.3, -0.25) is 4.79 Å². The maximum absolute atomic E-state index is 10.9. The fourth-order valence-electron chi connectivity index (χ4n) is 1.19. The molecule has 0 fully saturated rings. The zero-order chi connectivity index (χ0) is 13.7. The van der Waals surface area contributed by atoms with E-state index < -0.39 is 17.9 Å². The number of benzene rings is 1. The lowest BCUT2D eigenvalue weighted by molar-refractivity contribution is -0.142. The Kier molecular flexibility index (Phi) is 5.43. The Balaban J connectivity index is 2.66. The van der Waals surface area contributed by atoms with E-state index in [4.69, 9.17) is 21.4 Å².